The molecule has 2 N–H and O–H groups in total. The van der Waals surface area contributed by atoms with Crippen LogP contribution >= 0.6 is 0 Å². The highest BCUT2D eigenvalue weighted by molar-refractivity contribution is 5.55. The molecule has 4 heterocycles. The Balaban J connectivity index is 1.57. The molecule has 1 atom stereocenters. The van der Waals surface area contributed by atoms with Crippen molar-refractivity contribution in [2.45, 2.75) is 31.3 Å². The normalized spacial score (nSPS) is 22.3. The van der Waals surface area contributed by atoms with Crippen molar-refractivity contribution in [2.75, 3.05) is 31.6 Å². The average Bonchev–Trinajstić information content (AvgIpc) is 3.27. The Bertz CT molecular complexity index is 646. The highest BCUT2D eigenvalue weighted by atomic mass is 16.5. The van der Waals surface area contributed by atoms with Crippen LogP contribution in [-0.4, -0.2) is 52.1 Å². The largest absolute Gasteiger partial charge is 0.381 e. The van der Waals surface area contributed by atoms with Crippen molar-refractivity contribution in [1.29, 1.82) is 0 Å². The van der Waals surface area contributed by atoms with Crippen LogP contribution < -0.4 is 10.6 Å². The number of nitrogens with one attached hydrogen (secondary N) is 2. The molecule has 7 heteroatoms. The zero-order valence-electron chi connectivity index (χ0n) is 13.1. The maximum atomic E-state index is 5.45. The summed E-state index contributed by atoms with van der Waals surface area (Å²) in [6.45, 7) is 3.62. The van der Waals surface area contributed by atoms with E-state index in [-0.39, 0.29) is 0 Å². The highest BCUT2D eigenvalue weighted by Crippen LogP contribution is 2.26. The maximum absolute atomic E-state index is 5.45. The summed E-state index contributed by atoms with van der Waals surface area (Å²) >= 11 is 0. The van der Waals surface area contributed by atoms with E-state index in [1.54, 1.807) is 0 Å². The molecule has 1 unspecified atom stereocenters. The molecule has 23 heavy (non-hydrogen) atoms. The summed E-state index contributed by atoms with van der Waals surface area (Å²) in [5.41, 5.74) is 1.96. The second-order valence-corrected chi connectivity index (χ2v) is 6.10. The maximum Gasteiger partial charge on any atom is 0.223 e. The van der Waals surface area contributed by atoms with Crippen molar-refractivity contribution < 1.29 is 4.74 Å². The predicted octanol–water partition coefficient (Wildman–Crippen LogP) is 1.47. The molecule has 2 aliphatic rings. The summed E-state index contributed by atoms with van der Waals surface area (Å²) in [7, 11) is 0. The second-order valence-electron chi connectivity index (χ2n) is 6.10. The lowest BCUT2D eigenvalue weighted by atomic mass is 10.1. The molecule has 2 fully saturated rings. The Labute approximate surface area is 135 Å². The van der Waals surface area contributed by atoms with Crippen LogP contribution in [0.5, 0.6) is 0 Å². The lowest BCUT2D eigenvalue weighted by molar-refractivity contribution is 0.0667. The summed E-state index contributed by atoms with van der Waals surface area (Å²) in [4.78, 5) is 9.05. The molecule has 2 aliphatic heterocycles. The Kier molecular flexibility index (Phi) is 4.21. The standard InChI is InChI=1S/C16H22N6O/c1-6-17-11-12(1)20-16-18-7-2-14(21-16)15-3-8-19-22(15)13-4-9-23-10-5-13/h2-3,7-8,12-13,17H,1,4-6,9-11H2,(H,18,20,21). The number of ether oxygens (including phenoxy) is 1. The first kappa shape index (κ1) is 14.6. The van der Waals surface area contributed by atoms with Gasteiger partial charge >= 0.3 is 0 Å². The molecule has 0 bridgehead atoms. The third kappa shape index (κ3) is 3.20. The SMILES string of the molecule is c1cc(-c2ccnn2C2CCOCC2)nc(NC2CCNC2)n1. The molecule has 0 radical (unpaired) electrons. The smallest absolute Gasteiger partial charge is 0.223 e. The van der Waals surface area contributed by atoms with Gasteiger partial charge in [0.05, 0.1) is 17.4 Å². The molecule has 2 aromatic heterocycles. The summed E-state index contributed by atoms with van der Waals surface area (Å²) in [5, 5.41) is 11.3. The fourth-order valence-electron chi connectivity index (χ4n) is 3.27. The van der Waals surface area contributed by atoms with Gasteiger partial charge in [-0.1, -0.05) is 0 Å². The number of nitrogens with zero attached hydrogens (tertiary/aromatic N) is 4. The third-order valence-electron chi connectivity index (χ3n) is 4.52. The van der Waals surface area contributed by atoms with Gasteiger partial charge in [0.25, 0.3) is 0 Å². The summed E-state index contributed by atoms with van der Waals surface area (Å²) in [5.74, 6) is 0.691. The summed E-state index contributed by atoms with van der Waals surface area (Å²) < 4.78 is 7.54. The van der Waals surface area contributed by atoms with Crippen molar-refractivity contribution in [1.82, 2.24) is 25.1 Å². The van der Waals surface area contributed by atoms with Gasteiger partial charge < -0.3 is 15.4 Å². The van der Waals surface area contributed by atoms with Crippen LogP contribution in [0.15, 0.2) is 24.5 Å². The van der Waals surface area contributed by atoms with Crippen molar-refractivity contribution in [3.8, 4) is 11.4 Å². The first-order chi connectivity index (χ1) is 11.4. The molecule has 2 saturated heterocycles. The molecule has 0 aliphatic carbocycles. The minimum atomic E-state index is 0.388. The van der Waals surface area contributed by atoms with E-state index in [9.17, 15) is 0 Å². The van der Waals surface area contributed by atoms with Gasteiger partial charge in [0.1, 0.15) is 0 Å². The summed E-state index contributed by atoms with van der Waals surface area (Å²) in [6, 6.07) is 4.77. The molecular weight excluding hydrogens is 292 g/mol. The Morgan fingerprint density at radius 2 is 2.09 bits per heavy atom. The number of rotatable bonds is 4. The molecule has 0 aromatic carbocycles. The first-order valence-electron chi connectivity index (χ1n) is 8.32. The minimum absolute atomic E-state index is 0.388. The second kappa shape index (κ2) is 6.64. The highest BCUT2D eigenvalue weighted by Gasteiger charge is 2.20. The third-order valence-corrected chi connectivity index (χ3v) is 4.52. The average molecular weight is 314 g/mol. The van der Waals surface area contributed by atoms with Crippen molar-refractivity contribution >= 4 is 5.95 Å². The molecule has 2 aromatic rings. The van der Waals surface area contributed by atoms with E-state index >= 15 is 0 Å². The van der Waals surface area contributed by atoms with E-state index in [2.05, 4.69) is 25.4 Å². The lowest BCUT2D eigenvalue weighted by Crippen LogP contribution is -2.23. The van der Waals surface area contributed by atoms with Crippen LogP contribution in [0.2, 0.25) is 0 Å². The van der Waals surface area contributed by atoms with Crippen LogP contribution in [0.1, 0.15) is 25.3 Å². The molecule has 0 spiro atoms. The van der Waals surface area contributed by atoms with E-state index in [0.29, 0.717) is 18.0 Å². The molecule has 7 nitrogen and oxygen atoms in total. The van der Waals surface area contributed by atoms with Crippen molar-refractivity contribution in [2.24, 2.45) is 0 Å². The minimum Gasteiger partial charge on any atom is -0.381 e. The van der Waals surface area contributed by atoms with Crippen LogP contribution in [-0.2, 0) is 4.74 Å². The van der Waals surface area contributed by atoms with Gasteiger partial charge in [-0.15, -0.1) is 0 Å². The van der Waals surface area contributed by atoms with Gasteiger partial charge in [-0.2, -0.15) is 5.10 Å². The fraction of sp³-hybridized carbons (Fsp3) is 0.562. The van der Waals surface area contributed by atoms with E-state index < -0.39 is 0 Å². The van der Waals surface area contributed by atoms with Gasteiger partial charge in [0.2, 0.25) is 5.95 Å². The molecular formula is C16H22N6O. The van der Waals surface area contributed by atoms with E-state index in [1.807, 2.05) is 24.5 Å². The van der Waals surface area contributed by atoms with Crippen molar-refractivity contribution in [3.63, 3.8) is 0 Å². The summed E-state index contributed by atoms with van der Waals surface area (Å²) in [6.07, 6.45) is 6.76. The molecule has 0 saturated carbocycles. The molecule has 122 valence electrons. The molecule has 4 rings (SSSR count). The van der Waals surface area contributed by atoms with Gasteiger partial charge in [-0.05, 0) is 37.9 Å². The van der Waals surface area contributed by atoms with Crippen LogP contribution in [0.4, 0.5) is 5.95 Å². The number of anilines is 1. The van der Waals surface area contributed by atoms with Crippen LogP contribution in [0, 0.1) is 0 Å². The van der Waals surface area contributed by atoms with E-state index in [1.165, 1.54) is 0 Å². The number of hydrogen-bond acceptors (Lipinski definition) is 6. The Morgan fingerprint density at radius 1 is 1.17 bits per heavy atom. The van der Waals surface area contributed by atoms with Gasteiger partial charge in [0, 0.05) is 38.2 Å². The van der Waals surface area contributed by atoms with Gasteiger partial charge in [0.15, 0.2) is 0 Å². The Hall–Kier alpha value is -1.99. The van der Waals surface area contributed by atoms with Gasteiger partial charge in [-0.3, -0.25) is 4.68 Å². The zero-order valence-corrected chi connectivity index (χ0v) is 13.1. The lowest BCUT2D eigenvalue weighted by Gasteiger charge is -2.24. The monoisotopic (exact) mass is 314 g/mol. The fourth-order valence-corrected chi connectivity index (χ4v) is 3.27. The van der Waals surface area contributed by atoms with Gasteiger partial charge in [-0.25, -0.2) is 9.97 Å². The predicted molar refractivity (Wildman–Crippen MR) is 87.2 cm³/mol. The molecule has 0 amide bonds. The van der Waals surface area contributed by atoms with E-state index in [0.717, 1.165) is 57.0 Å². The van der Waals surface area contributed by atoms with Crippen LogP contribution in [0.3, 0.4) is 0 Å². The number of hydrogen-bond donors (Lipinski definition) is 2. The van der Waals surface area contributed by atoms with E-state index in [4.69, 9.17) is 9.72 Å². The van der Waals surface area contributed by atoms with Crippen molar-refractivity contribution in [3.05, 3.63) is 24.5 Å². The number of aromatic nitrogens is 4. The quantitative estimate of drug-likeness (QED) is 0.890. The Morgan fingerprint density at radius 3 is 2.91 bits per heavy atom. The first-order valence-corrected chi connectivity index (χ1v) is 8.32. The topological polar surface area (TPSA) is 76.9 Å². The van der Waals surface area contributed by atoms with Crippen LogP contribution in [0.25, 0.3) is 11.4 Å². The zero-order chi connectivity index (χ0) is 15.5.